The molecule has 0 fully saturated rings. The molecule has 4 nitrogen and oxygen atoms in total. The van der Waals surface area contributed by atoms with Gasteiger partial charge in [0.2, 0.25) is 0 Å². The molecule has 0 atom stereocenters. The number of hydrogen-bond acceptors (Lipinski definition) is 4. The molecule has 0 spiro atoms. The predicted octanol–water partition coefficient (Wildman–Crippen LogP) is 3.65. The molecule has 5 heteroatoms. The minimum Gasteiger partial charge on any atom is -0.309 e. The predicted molar refractivity (Wildman–Crippen MR) is 69.4 cm³/mol. The van der Waals surface area contributed by atoms with Crippen molar-refractivity contribution in [3.05, 3.63) is 0 Å². The lowest BCUT2D eigenvalue weighted by molar-refractivity contribution is -0.120. The molecule has 0 aromatic rings. The second kappa shape index (κ2) is 7.30. The van der Waals surface area contributed by atoms with Gasteiger partial charge in [0, 0.05) is 12.8 Å². The highest BCUT2D eigenvalue weighted by molar-refractivity contribution is 7.53. The molecule has 0 aliphatic rings. The highest BCUT2D eigenvalue weighted by Gasteiger charge is 2.25. The van der Waals surface area contributed by atoms with E-state index in [1.807, 2.05) is 20.8 Å². The molecule has 102 valence electrons. The van der Waals surface area contributed by atoms with Gasteiger partial charge in [0.05, 0.1) is 19.4 Å². The van der Waals surface area contributed by atoms with Crippen molar-refractivity contribution in [3.63, 3.8) is 0 Å². The summed E-state index contributed by atoms with van der Waals surface area (Å²) in [7, 11) is -3.06. The Morgan fingerprint density at radius 3 is 1.94 bits per heavy atom. The van der Waals surface area contributed by atoms with Crippen LogP contribution in [0.25, 0.3) is 0 Å². The SMILES string of the molecule is CCOP(=O)(CCC(=O)CC(C)(C)C)OCC. The van der Waals surface area contributed by atoms with Crippen LogP contribution in [0.4, 0.5) is 0 Å². The van der Waals surface area contributed by atoms with E-state index in [0.717, 1.165) is 0 Å². The van der Waals surface area contributed by atoms with Crippen molar-refractivity contribution in [2.24, 2.45) is 5.41 Å². The minimum atomic E-state index is -3.06. The number of rotatable bonds is 8. The number of ketones is 1. The summed E-state index contributed by atoms with van der Waals surface area (Å²) in [5.41, 5.74) is -0.0295. The van der Waals surface area contributed by atoms with Gasteiger partial charge in [0.25, 0.3) is 0 Å². The lowest BCUT2D eigenvalue weighted by atomic mass is 9.89. The molecule has 0 saturated heterocycles. The van der Waals surface area contributed by atoms with Crippen LogP contribution >= 0.6 is 7.60 Å². The van der Waals surface area contributed by atoms with E-state index in [0.29, 0.717) is 19.6 Å². The normalized spacial score (nSPS) is 12.8. The van der Waals surface area contributed by atoms with Gasteiger partial charge in [-0.2, -0.15) is 0 Å². The second-order valence-corrected chi connectivity index (χ2v) is 7.38. The van der Waals surface area contributed by atoms with Crippen LogP contribution < -0.4 is 0 Å². The monoisotopic (exact) mass is 264 g/mol. The highest BCUT2D eigenvalue weighted by Crippen LogP contribution is 2.48. The second-order valence-electron chi connectivity index (χ2n) is 5.20. The zero-order valence-corrected chi connectivity index (χ0v) is 12.5. The third-order valence-corrected chi connectivity index (χ3v) is 4.12. The molecule has 0 aromatic carbocycles. The molecule has 0 heterocycles. The van der Waals surface area contributed by atoms with E-state index < -0.39 is 7.60 Å². The van der Waals surface area contributed by atoms with Crippen LogP contribution in [0.1, 0.15) is 47.5 Å². The first-order chi connectivity index (χ1) is 7.72. The van der Waals surface area contributed by atoms with Gasteiger partial charge in [-0.05, 0) is 19.3 Å². The largest absolute Gasteiger partial charge is 0.331 e. The van der Waals surface area contributed by atoms with Crippen LogP contribution in [0.2, 0.25) is 0 Å². The minimum absolute atomic E-state index is 0.0295. The van der Waals surface area contributed by atoms with Crippen LogP contribution in [0.15, 0.2) is 0 Å². The standard InChI is InChI=1S/C12H25O4P/c1-6-15-17(14,16-7-2)9-8-11(13)10-12(3,4)5/h6-10H2,1-5H3. The molecule has 0 aromatic heterocycles. The van der Waals surface area contributed by atoms with Crippen LogP contribution in [0, 0.1) is 5.41 Å². The van der Waals surface area contributed by atoms with Gasteiger partial charge in [-0.3, -0.25) is 9.36 Å². The molecule has 0 saturated carbocycles. The Balaban J connectivity index is 4.22. The number of carbonyl (C=O) groups is 1. The zero-order chi connectivity index (χ0) is 13.5. The van der Waals surface area contributed by atoms with Crippen LogP contribution in [-0.4, -0.2) is 25.2 Å². The van der Waals surface area contributed by atoms with Crippen molar-refractivity contribution >= 4 is 13.4 Å². The maximum atomic E-state index is 12.1. The summed E-state index contributed by atoms with van der Waals surface area (Å²) >= 11 is 0. The van der Waals surface area contributed by atoms with Crippen molar-refractivity contribution in [3.8, 4) is 0 Å². The molecule has 0 amide bonds. The summed E-state index contributed by atoms with van der Waals surface area (Å²) in [6.45, 7) is 10.2. The summed E-state index contributed by atoms with van der Waals surface area (Å²) in [5, 5.41) is 0. The van der Waals surface area contributed by atoms with Crippen molar-refractivity contribution in [2.45, 2.75) is 47.5 Å². The van der Waals surface area contributed by atoms with Gasteiger partial charge in [0.1, 0.15) is 5.78 Å². The third kappa shape index (κ3) is 8.53. The van der Waals surface area contributed by atoms with E-state index in [1.165, 1.54) is 0 Å². The van der Waals surface area contributed by atoms with E-state index in [9.17, 15) is 9.36 Å². The number of carbonyl (C=O) groups excluding carboxylic acids is 1. The molecule has 0 unspecified atom stereocenters. The molecule has 0 bridgehead atoms. The molecular weight excluding hydrogens is 239 g/mol. The Morgan fingerprint density at radius 1 is 1.12 bits per heavy atom. The van der Waals surface area contributed by atoms with E-state index >= 15 is 0 Å². The maximum Gasteiger partial charge on any atom is 0.331 e. The number of hydrogen-bond donors (Lipinski definition) is 0. The fourth-order valence-corrected chi connectivity index (χ4v) is 3.14. The summed E-state index contributed by atoms with van der Waals surface area (Å²) in [6, 6.07) is 0. The summed E-state index contributed by atoms with van der Waals surface area (Å²) in [6.07, 6.45) is 0.934. The Bertz CT molecular complexity index is 271. The lowest BCUT2D eigenvalue weighted by Crippen LogP contribution is -2.14. The van der Waals surface area contributed by atoms with Crippen LogP contribution in [0.3, 0.4) is 0 Å². The van der Waals surface area contributed by atoms with Crippen LogP contribution in [0.5, 0.6) is 0 Å². The van der Waals surface area contributed by atoms with Crippen molar-refractivity contribution in [1.82, 2.24) is 0 Å². The molecule has 0 aliphatic carbocycles. The van der Waals surface area contributed by atoms with Gasteiger partial charge in [-0.1, -0.05) is 20.8 Å². The van der Waals surface area contributed by atoms with Crippen molar-refractivity contribution < 1.29 is 18.4 Å². The fourth-order valence-electron chi connectivity index (χ4n) is 1.50. The van der Waals surface area contributed by atoms with Gasteiger partial charge in [-0.25, -0.2) is 0 Å². The van der Waals surface area contributed by atoms with E-state index in [2.05, 4.69) is 0 Å². The Labute approximate surface area is 105 Å². The summed E-state index contributed by atoms with van der Waals surface area (Å²) < 4.78 is 22.3. The zero-order valence-electron chi connectivity index (χ0n) is 11.6. The Morgan fingerprint density at radius 2 is 1.59 bits per heavy atom. The number of Topliss-reactive ketones (excluding diaryl/α,β-unsaturated/α-hetero) is 1. The van der Waals surface area contributed by atoms with Crippen LogP contribution in [-0.2, 0) is 18.4 Å². The first kappa shape index (κ1) is 16.8. The Kier molecular flexibility index (Phi) is 7.22. The van der Waals surface area contributed by atoms with Crippen molar-refractivity contribution in [2.75, 3.05) is 19.4 Å². The Hall–Kier alpha value is -0.180. The third-order valence-electron chi connectivity index (χ3n) is 2.04. The van der Waals surface area contributed by atoms with E-state index in [-0.39, 0.29) is 23.8 Å². The average molecular weight is 264 g/mol. The first-order valence-electron chi connectivity index (χ1n) is 6.12. The van der Waals surface area contributed by atoms with Gasteiger partial charge < -0.3 is 9.05 Å². The smallest absolute Gasteiger partial charge is 0.309 e. The maximum absolute atomic E-state index is 12.1. The first-order valence-corrected chi connectivity index (χ1v) is 7.85. The van der Waals surface area contributed by atoms with E-state index in [1.54, 1.807) is 13.8 Å². The lowest BCUT2D eigenvalue weighted by Gasteiger charge is -2.19. The van der Waals surface area contributed by atoms with Crippen molar-refractivity contribution in [1.29, 1.82) is 0 Å². The molecule has 0 aliphatic heterocycles. The molecule has 0 rings (SSSR count). The average Bonchev–Trinajstić information content (AvgIpc) is 2.13. The topological polar surface area (TPSA) is 52.6 Å². The van der Waals surface area contributed by atoms with E-state index in [4.69, 9.17) is 9.05 Å². The van der Waals surface area contributed by atoms with Gasteiger partial charge >= 0.3 is 7.60 Å². The molecule has 0 N–H and O–H groups in total. The molecule has 0 radical (unpaired) electrons. The summed E-state index contributed by atoms with van der Waals surface area (Å²) in [4.78, 5) is 11.7. The highest BCUT2D eigenvalue weighted by atomic mass is 31.2. The van der Waals surface area contributed by atoms with Gasteiger partial charge in [-0.15, -0.1) is 0 Å². The fraction of sp³-hybridized carbons (Fsp3) is 0.917. The molecule has 17 heavy (non-hydrogen) atoms. The quantitative estimate of drug-likeness (QED) is 0.628. The molecular formula is C12H25O4P. The summed E-state index contributed by atoms with van der Waals surface area (Å²) in [5.74, 6) is 0.108. The van der Waals surface area contributed by atoms with Gasteiger partial charge in [0.15, 0.2) is 0 Å².